The van der Waals surface area contributed by atoms with Gasteiger partial charge in [0.1, 0.15) is 6.42 Å². The molecule has 0 aliphatic rings. The number of ether oxygens (including phenoxy) is 1. The van der Waals surface area contributed by atoms with E-state index in [4.69, 9.17) is 10.5 Å². The molecule has 0 fully saturated rings. The van der Waals surface area contributed by atoms with Crippen LogP contribution < -0.4 is 5.73 Å². The number of carbonyl (C=O) groups is 1. The molecule has 0 spiro atoms. The molecular weight excluding hydrogens is 200 g/mol. The Kier molecular flexibility index (Phi) is 3.95. The van der Waals surface area contributed by atoms with E-state index in [2.05, 4.69) is 16.8 Å². The fourth-order valence-corrected chi connectivity index (χ4v) is 1.32. The summed E-state index contributed by atoms with van der Waals surface area (Å²) >= 11 is 1.29. The zero-order valence-electron chi connectivity index (χ0n) is 7.74. The summed E-state index contributed by atoms with van der Waals surface area (Å²) in [7, 11) is 0. The molecule has 0 saturated heterocycles. The average molecular weight is 210 g/mol. The predicted octanol–water partition coefficient (Wildman–Crippen LogP) is 1.03. The summed E-state index contributed by atoms with van der Waals surface area (Å²) in [6.45, 7) is 2.14. The molecule has 14 heavy (non-hydrogen) atoms. The lowest BCUT2D eigenvalue weighted by Crippen LogP contribution is -2.01. The summed E-state index contributed by atoms with van der Waals surface area (Å²) in [6, 6.07) is 0. The topological polar surface area (TPSA) is 65.2 Å². The Labute approximate surface area is 86.1 Å². The van der Waals surface area contributed by atoms with Crippen LogP contribution in [0.3, 0.4) is 0 Å². The molecule has 0 bridgehead atoms. The number of anilines is 1. The standard InChI is InChI=1S/C9H10N2O2S/c1-2-13-8(12)5-3-4-7-6-11-9(10)14-7/h6H,2,5H2,1H3,(H2,10,11). The van der Waals surface area contributed by atoms with Crippen LogP contribution in [0.15, 0.2) is 6.20 Å². The van der Waals surface area contributed by atoms with Crippen molar-refractivity contribution >= 4 is 22.4 Å². The fourth-order valence-electron chi connectivity index (χ4n) is 0.761. The molecule has 1 aromatic rings. The van der Waals surface area contributed by atoms with Crippen LogP contribution in [0.2, 0.25) is 0 Å². The first-order valence-electron chi connectivity index (χ1n) is 4.08. The lowest BCUT2D eigenvalue weighted by atomic mass is 10.4. The van der Waals surface area contributed by atoms with Crippen molar-refractivity contribution in [2.45, 2.75) is 13.3 Å². The molecule has 1 rings (SSSR count). The van der Waals surface area contributed by atoms with Gasteiger partial charge in [-0.1, -0.05) is 23.2 Å². The molecule has 2 N–H and O–H groups in total. The Morgan fingerprint density at radius 3 is 3.14 bits per heavy atom. The summed E-state index contributed by atoms with van der Waals surface area (Å²) in [6.07, 6.45) is 1.68. The number of nitrogens with zero attached hydrogens (tertiary/aromatic N) is 1. The van der Waals surface area contributed by atoms with Gasteiger partial charge in [0.15, 0.2) is 5.13 Å². The average Bonchev–Trinajstić information content (AvgIpc) is 2.52. The van der Waals surface area contributed by atoms with Crippen LogP contribution in [-0.4, -0.2) is 17.6 Å². The molecule has 0 unspecified atom stereocenters. The van der Waals surface area contributed by atoms with Crippen molar-refractivity contribution < 1.29 is 9.53 Å². The number of nitrogens with two attached hydrogens (primary N) is 1. The minimum atomic E-state index is -0.308. The second-order valence-electron chi connectivity index (χ2n) is 2.35. The fraction of sp³-hybridized carbons (Fsp3) is 0.333. The number of hydrogen-bond donors (Lipinski definition) is 1. The summed E-state index contributed by atoms with van der Waals surface area (Å²) in [5.41, 5.74) is 5.41. The van der Waals surface area contributed by atoms with E-state index < -0.39 is 0 Å². The Morgan fingerprint density at radius 2 is 2.57 bits per heavy atom. The van der Waals surface area contributed by atoms with Gasteiger partial charge < -0.3 is 10.5 Å². The molecule has 0 aromatic carbocycles. The van der Waals surface area contributed by atoms with Crippen molar-refractivity contribution in [3.8, 4) is 11.8 Å². The molecule has 74 valence electrons. The largest absolute Gasteiger partial charge is 0.465 e. The highest BCUT2D eigenvalue weighted by Crippen LogP contribution is 2.12. The molecule has 0 saturated carbocycles. The summed E-state index contributed by atoms with van der Waals surface area (Å²) in [4.78, 5) is 15.5. The third-order valence-electron chi connectivity index (χ3n) is 1.27. The number of thiazole rings is 1. The predicted molar refractivity (Wildman–Crippen MR) is 54.7 cm³/mol. The van der Waals surface area contributed by atoms with Crippen LogP contribution in [0.25, 0.3) is 0 Å². The molecule has 1 aromatic heterocycles. The summed E-state index contributed by atoms with van der Waals surface area (Å²) in [5.74, 6) is 5.16. The van der Waals surface area contributed by atoms with Gasteiger partial charge >= 0.3 is 5.97 Å². The Balaban J connectivity index is 2.44. The van der Waals surface area contributed by atoms with Crippen LogP contribution in [0.4, 0.5) is 5.13 Å². The number of nitrogen functional groups attached to an aromatic ring is 1. The van der Waals surface area contributed by atoms with E-state index in [0.29, 0.717) is 11.7 Å². The molecule has 0 aliphatic carbocycles. The van der Waals surface area contributed by atoms with Crippen LogP contribution in [-0.2, 0) is 9.53 Å². The lowest BCUT2D eigenvalue weighted by Gasteiger charge is -1.94. The van der Waals surface area contributed by atoms with Crippen molar-refractivity contribution in [1.82, 2.24) is 4.98 Å². The van der Waals surface area contributed by atoms with Crippen molar-refractivity contribution in [2.24, 2.45) is 0 Å². The van der Waals surface area contributed by atoms with Crippen molar-refractivity contribution in [2.75, 3.05) is 12.3 Å². The SMILES string of the molecule is CCOC(=O)CC#Cc1cnc(N)s1. The maximum absolute atomic E-state index is 10.9. The molecule has 4 nitrogen and oxygen atoms in total. The normalized spacial score (nSPS) is 8.93. The molecular formula is C9H10N2O2S. The molecule has 0 aliphatic heterocycles. The van der Waals surface area contributed by atoms with E-state index >= 15 is 0 Å². The highest BCUT2D eigenvalue weighted by Gasteiger charge is 1.97. The van der Waals surface area contributed by atoms with E-state index in [9.17, 15) is 4.79 Å². The first-order valence-corrected chi connectivity index (χ1v) is 4.90. The van der Waals surface area contributed by atoms with Gasteiger partial charge in [-0.05, 0) is 6.92 Å². The number of rotatable bonds is 2. The van der Waals surface area contributed by atoms with Gasteiger partial charge in [-0.2, -0.15) is 0 Å². The van der Waals surface area contributed by atoms with E-state index in [1.807, 2.05) is 0 Å². The second kappa shape index (κ2) is 5.25. The van der Waals surface area contributed by atoms with Crippen LogP contribution in [0, 0.1) is 11.8 Å². The van der Waals surface area contributed by atoms with E-state index in [0.717, 1.165) is 4.88 Å². The molecule has 0 radical (unpaired) electrons. The van der Waals surface area contributed by atoms with E-state index in [-0.39, 0.29) is 12.4 Å². The summed E-state index contributed by atoms with van der Waals surface area (Å²) < 4.78 is 4.71. The molecule has 0 atom stereocenters. The van der Waals surface area contributed by atoms with Crippen LogP contribution in [0.5, 0.6) is 0 Å². The highest BCUT2D eigenvalue weighted by atomic mass is 32.1. The Hall–Kier alpha value is -1.54. The van der Waals surface area contributed by atoms with Gasteiger partial charge in [0, 0.05) is 0 Å². The first kappa shape index (κ1) is 10.5. The zero-order valence-corrected chi connectivity index (χ0v) is 8.56. The Bertz CT molecular complexity index is 376. The minimum Gasteiger partial charge on any atom is -0.465 e. The van der Waals surface area contributed by atoms with E-state index in [1.54, 1.807) is 13.1 Å². The zero-order chi connectivity index (χ0) is 10.4. The summed E-state index contributed by atoms with van der Waals surface area (Å²) in [5, 5.41) is 0.477. The van der Waals surface area contributed by atoms with Gasteiger partial charge in [0.2, 0.25) is 0 Å². The number of aromatic nitrogens is 1. The maximum Gasteiger partial charge on any atom is 0.317 e. The minimum absolute atomic E-state index is 0.103. The monoisotopic (exact) mass is 210 g/mol. The van der Waals surface area contributed by atoms with Gasteiger partial charge in [0.25, 0.3) is 0 Å². The smallest absolute Gasteiger partial charge is 0.317 e. The highest BCUT2D eigenvalue weighted by molar-refractivity contribution is 7.15. The molecule has 1 heterocycles. The van der Waals surface area contributed by atoms with Crippen molar-refractivity contribution in [1.29, 1.82) is 0 Å². The van der Waals surface area contributed by atoms with Crippen molar-refractivity contribution in [3.63, 3.8) is 0 Å². The van der Waals surface area contributed by atoms with Gasteiger partial charge in [-0.25, -0.2) is 4.98 Å². The third-order valence-corrected chi connectivity index (χ3v) is 2.02. The quantitative estimate of drug-likeness (QED) is 0.585. The van der Waals surface area contributed by atoms with E-state index in [1.165, 1.54) is 11.3 Å². The Morgan fingerprint density at radius 1 is 1.79 bits per heavy atom. The van der Waals surface area contributed by atoms with Crippen molar-refractivity contribution in [3.05, 3.63) is 11.1 Å². The van der Waals surface area contributed by atoms with Gasteiger partial charge in [0.05, 0.1) is 17.7 Å². The molecule has 5 heteroatoms. The van der Waals surface area contributed by atoms with Crippen LogP contribution >= 0.6 is 11.3 Å². The second-order valence-corrected chi connectivity index (χ2v) is 3.41. The lowest BCUT2D eigenvalue weighted by molar-refractivity contribution is -0.141. The number of hydrogen-bond acceptors (Lipinski definition) is 5. The number of carbonyl (C=O) groups excluding carboxylic acids is 1. The van der Waals surface area contributed by atoms with Crippen LogP contribution in [0.1, 0.15) is 18.2 Å². The van der Waals surface area contributed by atoms with Gasteiger partial charge in [-0.15, -0.1) is 0 Å². The number of esters is 1. The molecule has 0 amide bonds. The third kappa shape index (κ3) is 3.46. The first-order chi connectivity index (χ1) is 6.72. The maximum atomic E-state index is 10.9. The van der Waals surface area contributed by atoms with Gasteiger partial charge in [-0.3, -0.25) is 4.79 Å².